The summed E-state index contributed by atoms with van der Waals surface area (Å²) in [5.74, 6) is 0.268. The third kappa shape index (κ3) is 3.20. The van der Waals surface area contributed by atoms with Crippen molar-refractivity contribution in [3.63, 3.8) is 0 Å². The number of primary amides is 1. The van der Waals surface area contributed by atoms with E-state index in [2.05, 4.69) is 11.9 Å². The van der Waals surface area contributed by atoms with Crippen molar-refractivity contribution < 1.29 is 9.90 Å². The molecule has 0 spiro atoms. The summed E-state index contributed by atoms with van der Waals surface area (Å²) in [5, 5.41) is 8.92. The average molecular weight is 223 g/mol. The van der Waals surface area contributed by atoms with Crippen LogP contribution in [0.2, 0.25) is 0 Å². The lowest BCUT2D eigenvalue weighted by Crippen LogP contribution is -2.28. The molecule has 0 unspecified atom stereocenters. The van der Waals surface area contributed by atoms with Gasteiger partial charge in [-0.2, -0.15) is 0 Å². The maximum absolute atomic E-state index is 10.9. The molecule has 0 aliphatic rings. The van der Waals surface area contributed by atoms with Crippen LogP contribution in [-0.2, 0) is 0 Å². The number of hydrogen-bond acceptors (Lipinski definition) is 4. The molecule has 0 bridgehead atoms. The zero-order valence-corrected chi connectivity index (χ0v) is 9.39. The van der Waals surface area contributed by atoms with Crippen LogP contribution < -0.4 is 10.6 Å². The molecule has 1 rings (SSSR count). The van der Waals surface area contributed by atoms with Crippen LogP contribution in [0.15, 0.2) is 18.3 Å². The zero-order valence-electron chi connectivity index (χ0n) is 9.39. The molecular weight excluding hydrogens is 206 g/mol. The largest absolute Gasteiger partial charge is 0.395 e. The van der Waals surface area contributed by atoms with Crippen molar-refractivity contribution >= 4 is 11.7 Å². The van der Waals surface area contributed by atoms with Crippen molar-refractivity contribution in [1.29, 1.82) is 0 Å². The average Bonchev–Trinajstić information content (AvgIpc) is 2.29. The molecule has 16 heavy (non-hydrogen) atoms. The first-order chi connectivity index (χ1) is 7.69. The van der Waals surface area contributed by atoms with Gasteiger partial charge in [0.1, 0.15) is 5.82 Å². The van der Waals surface area contributed by atoms with E-state index in [-0.39, 0.29) is 6.61 Å². The second-order valence-electron chi connectivity index (χ2n) is 3.48. The molecule has 0 aliphatic heterocycles. The fraction of sp³-hybridized carbons (Fsp3) is 0.455. The van der Waals surface area contributed by atoms with E-state index in [1.54, 1.807) is 12.1 Å². The molecule has 88 valence electrons. The number of anilines is 1. The van der Waals surface area contributed by atoms with Crippen LogP contribution >= 0.6 is 0 Å². The third-order valence-electron chi connectivity index (χ3n) is 2.22. The van der Waals surface area contributed by atoms with Crippen LogP contribution in [0, 0.1) is 0 Å². The summed E-state index contributed by atoms with van der Waals surface area (Å²) in [6.45, 7) is 3.50. The first-order valence-corrected chi connectivity index (χ1v) is 5.30. The Morgan fingerprint density at radius 3 is 2.69 bits per heavy atom. The smallest absolute Gasteiger partial charge is 0.250 e. The normalized spacial score (nSPS) is 10.1. The summed E-state index contributed by atoms with van der Waals surface area (Å²) in [4.78, 5) is 17.0. The monoisotopic (exact) mass is 223 g/mol. The number of aromatic nitrogens is 1. The van der Waals surface area contributed by atoms with E-state index in [4.69, 9.17) is 10.8 Å². The standard InChI is InChI=1S/C11H17N3O2/c1-2-5-14(6-7-15)10-4-3-9(8-13-10)11(12)16/h3-4,8,15H,2,5-7H2,1H3,(H2,12,16). The van der Waals surface area contributed by atoms with E-state index in [0.717, 1.165) is 18.8 Å². The highest BCUT2D eigenvalue weighted by molar-refractivity contribution is 5.92. The highest BCUT2D eigenvalue weighted by atomic mass is 16.3. The van der Waals surface area contributed by atoms with Gasteiger partial charge in [-0.3, -0.25) is 4.79 Å². The van der Waals surface area contributed by atoms with Gasteiger partial charge in [0, 0.05) is 19.3 Å². The summed E-state index contributed by atoms with van der Waals surface area (Å²) in [7, 11) is 0. The predicted octanol–water partition coefficient (Wildman–Crippen LogP) is 0.389. The first kappa shape index (κ1) is 12.4. The molecule has 0 saturated carbocycles. The molecule has 1 aromatic rings. The lowest BCUT2D eigenvalue weighted by Gasteiger charge is -2.21. The Balaban J connectivity index is 2.80. The van der Waals surface area contributed by atoms with Gasteiger partial charge in [-0.05, 0) is 18.6 Å². The zero-order chi connectivity index (χ0) is 12.0. The quantitative estimate of drug-likeness (QED) is 0.731. The number of amides is 1. The SMILES string of the molecule is CCCN(CCO)c1ccc(C(N)=O)cn1. The van der Waals surface area contributed by atoms with Gasteiger partial charge in [0.05, 0.1) is 12.2 Å². The maximum atomic E-state index is 10.9. The number of pyridine rings is 1. The van der Waals surface area contributed by atoms with Gasteiger partial charge in [0.15, 0.2) is 0 Å². The molecule has 3 N–H and O–H groups in total. The van der Waals surface area contributed by atoms with Crippen LogP contribution in [0.25, 0.3) is 0 Å². The van der Waals surface area contributed by atoms with Crippen LogP contribution in [0.1, 0.15) is 23.7 Å². The van der Waals surface area contributed by atoms with E-state index in [1.807, 2.05) is 4.90 Å². The summed E-state index contributed by atoms with van der Waals surface area (Å²) < 4.78 is 0. The van der Waals surface area contributed by atoms with Gasteiger partial charge in [0.2, 0.25) is 5.91 Å². The Hall–Kier alpha value is -1.62. The Bertz CT molecular complexity index is 332. The Kier molecular flexibility index (Phi) is 4.72. The molecule has 5 heteroatoms. The second kappa shape index (κ2) is 6.07. The summed E-state index contributed by atoms with van der Waals surface area (Å²) in [6.07, 6.45) is 2.43. The van der Waals surface area contributed by atoms with E-state index >= 15 is 0 Å². The molecule has 0 fully saturated rings. The van der Waals surface area contributed by atoms with Crippen molar-refractivity contribution in [2.75, 3.05) is 24.6 Å². The highest BCUT2D eigenvalue weighted by Gasteiger charge is 2.07. The Morgan fingerprint density at radius 2 is 2.25 bits per heavy atom. The second-order valence-corrected chi connectivity index (χ2v) is 3.48. The molecule has 1 aromatic heterocycles. The fourth-order valence-corrected chi connectivity index (χ4v) is 1.45. The van der Waals surface area contributed by atoms with Gasteiger partial charge >= 0.3 is 0 Å². The van der Waals surface area contributed by atoms with Gasteiger partial charge in [-0.1, -0.05) is 6.92 Å². The molecule has 0 saturated heterocycles. The molecule has 0 aromatic carbocycles. The van der Waals surface area contributed by atoms with Gasteiger partial charge in [0.25, 0.3) is 0 Å². The van der Waals surface area contributed by atoms with E-state index in [9.17, 15) is 4.79 Å². The fourth-order valence-electron chi connectivity index (χ4n) is 1.45. The van der Waals surface area contributed by atoms with Crippen LogP contribution in [0.4, 0.5) is 5.82 Å². The number of nitrogens with two attached hydrogens (primary N) is 1. The van der Waals surface area contributed by atoms with Gasteiger partial charge in [-0.25, -0.2) is 4.98 Å². The Labute approximate surface area is 94.9 Å². The molecule has 1 amide bonds. The predicted molar refractivity (Wildman–Crippen MR) is 62.3 cm³/mol. The van der Waals surface area contributed by atoms with Crippen LogP contribution in [-0.4, -0.2) is 35.7 Å². The van der Waals surface area contributed by atoms with Crippen LogP contribution in [0.3, 0.4) is 0 Å². The highest BCUT2D eigenvalue weighted by Crippen LogP contribution is 2.11. The van der Waals surface area contributed by atoms with Crippen molar-refractivity contribution in [2.45, 2.75) is 13.3 Å². The molecular formula is C11H17N3O2. The lowest BCUT2D eigenvalue weighted by molar-refractivity contribution is 0.1000. The van der Waals surface area contributed by atoms with Gasteiger partial charge < -0.3 is 15.7 Å². The first-order valence-electron chi connectivity index (χ1n) is 5.30. The third-order valence-corrected chi connectivity index (χ3v) is 2.22. The van der Waals surface area contributed by atoms with E-state index < -0.39 is 5.91 Å². The summed E-state index contributed by atoms with van der Waals surface area (Å²) >= 11 is 0. The summed E-state index contributed by atoms with van der Waals surface area (Å²) in [5.41, 5.74) is 5.52. The number of rotatable bonds is 6. The van der Waals surface area contributed by atoms with Gasteiger partial charge in [-0.15, -0.1) is 0 Å². The number of hydrogen-bond donors (Lipinski definition) is 2. The minimum absolute atomic E-state index is 0.0826. The number of aliphatic hydroxyl groups excluding tert-OH is 1. The molecule has 0 aliphatic carbocycles. The maximum Gasteiger partial charge on any atom is 0.250 e. The van der Waals surface area contributed by atoms with Crippen molar-refractivity contribution in [3.8, 4) is 0 Å². The minimum atomic E-state index is -0.483. The number of nitrogens with zero attached hydrogens (tertiary/aromatic N) is 2. The summed E-state index contributed by atoms with van der Waals surface area (Å²) in [6, 6.07) is 3.39. The van der Waals surface area contributed by atoms with Crippen molar-refractivity contribution in [1.82, 2.24) is 4.98 Å². The molecule has 0 atom stereocenters. The molecule has 5 nitrogen and oxygen atoms in total. The number of carbonyl (C=O) groups excluding carboxylic acids is 1. The minimum Gasteiger partial charge on any atom is -0.395 e. The van der Waals surface area contributed by atoms with Crippen molar-refractivity contribution in [2.24, 2.45) is 5.73 Å². The van der Waals surface area contributed by atoms with Crippen molar-refractivity contribution in [3.05, 3.63) is 23.9 Å². The topological polar surface area (TPSA) is 79.5 Å². The van der Waals surface area contributed by atoms with Crippen LogP contribution in [0.5, 0.6) is 0 Å². The van der Waals surface area contributed by atoms with E-state index in [0.29, 0.717) is 12.1 Å². The number of carbonyl (C=O) groups is 1. The molecule has 0 radical (unpaired) electrons. The lowest BCUT2D eigenvalue weighted by atomic mass is 10.2. The Morgan fingerprint density at radius 1 is 1.50 bits per heavy atom. The number of aliphatic hydroxyl groups is 1. The van der Waals surface area contributed by atoms with E-state index in [1.165, 1.54) is 6.20 Å². The molecule has 1 heterocycles.